The van der Waals surface area contributed by atoms with Crippen molar-refractivity contribution in [1.82, 2.24) is 9.97 Å². The van der Waals surface area contributed by atoms with E-state index < -0.39 is 0 Å². The first-order valence-electron chi connectivity index (χ1n) is 6.10. The molecule has 0 aliphatic rings. The van der Waals surface area contributed by atoms with Gasteiger partial charge in [0.25, 0.3) is 0 Å². The zero-order chi connectivity index (χ0) is 14.5. The molecule has 0 aliphatic carbocycles. The average molecular weight is 338 g/mol. The number of benzene rings is 1. The van der Waals surface area contributed by atoms with E-state index in [2.05, 4.69) is 36.6 Å². The first kappa shape index (κ1) is 14.5. The molecule has 0 atom stereocenters. The van der Waals surface area contributed by atoms with Gasteiger partial charge in [-0.15, -0.1) is 0 Å². The van der Waals surface area contributed by atoms with Crippen LogP contribution in [0.2, 0.25) is 0 Å². The number of hydrogen-bond donors (Lipinski definition) is 3. The normalized spacial score (nSPS) is 10.2. The van der Waals surface area contributed by atoms with Crippen LogP contribution in [-0.2, 0) is 6.42 Å². The number of methoxy groups -OCH3 is 1. The molecule has 0 saturated carbocycles. The van der Waals surface area contributed by atoms with Gasteiger partial charge in [-0.25, -0.2) is 15.8 Å². The Morgan fingerprint density at radius 3 is 2.70 bits per heavy atom. The molecular weight excluding hydrogens is 322 g/mol. The SMILES string of the molecule is CCc1c(NN)ncnc1Nc1cc(OC)ccc1Br. The number of rotatable bonds is 5. The van der Waals surface area contributed by atoms with Crippen LogP contribution in [0.15, 0.2) is 29.0 Å². The van der Waals surface area contributed by atoms with E-state index in [4.69, 9.17) is 10.6 Å². The number of nitrogens with zero attached hydrogens (tertiary/aromatic N) is 2. The van der Waals surface area contributed by atoms with E-state index >= 15 is 0 Å². The van der Waals surface area contributed by atoms with E-state index in [0.717, 1.165) is 27.9 Å². The van der Waals surface area contributed by atoms with Crippen molar-refractivity contribution in [2.75, 3.05) is 17.9 Å². The molecule has 2 aromatic rings. The summed E-state index contributed by atoms with van der Waals surface area (Å²) in [6.45, 7) is 2.02. The molecule has 106 valence electrons. The maximum Gasteiger partial charge on any atom is 0.148 e. The van der Waals surface area contributed by atoms with Gasteiger partial charge in [0.05, 0.1) is 12.8 Å². The Bertz CT molecular complexity index is 605. The summed E-state index contributed by atoms with van der Waals surface area (Å²) in [6, 6.07) is 5.68. The van der Waals surface area contributed by atoms with Crippen molar-refractivity contribution in [1.29, 1.82) is 0 Å². The summed E-state index contributed by atoms with van der Waals surface area (Å²) in [5.74, 6) is 7.56. The predicted molar refractivity (Wildman–Crippen MR) is 83.2 cm³/mol. The minimum atomic E-state index is 0.615. The smallest absolute Gasteiger partial charge is 0.148 e. The quantitative estimate of drug-likeness (QED) is 0.574. The van der Waals surface area contributed by atoms with Crippen molar-refractivity contribution in [2.24, 2.45) is 5.84 Å². The highest BCUT2D eigenvalue weighted by Crippen LogP contribution is 2.31. The number of hydrogen-bond acceptors (Lipinski definition) is 6. The van der Waals surface area contributed by atoms with Crippen molar-refractivity contribution < 1.29 is 4.74 Å². The van der Waals surface area contributed by atoms with Crippen molar-refractivity contribution in [3.63, 3.8) is 0 Å². The lowest BCUT2D eigenvalue weighted by Gasteiger charge is -2.14. The van der Waals surface area contributed by atoms with Gasteiger partial charge >= 0.3 is 0 Å². The van der Waals surface area contributed by atoms with Crippen molar-refractivity contribution in [3.05, 3.63) is 34.6 Å². The molecule has 0 amide bonds. The lowest BCUT2D eigenvalue weighted by Crippen LogP contribution is -2.13. The fourth-order valence-electron chi connectivity index (χ4n) is 1.83. The van der Waals surface area contributed by atoms with Gasteiger partial charge in [0, 0.05) is 16.1 Å². The van der Waals surface area contributed by atoms with Gasteiger partial charge in [0.2, 0.25) is 0 Å². The predicted octanol–water partition coefficient (Wildman–Crippen LogP) is 2.84. The Morgan fingerprint density at radius 1 is 1.30 bits per heavy atom. The monoisotopic (exact) mass is 337 g/mol. The van der Waals surface area contributed by atoms with Gasteiger partial charge in [-0.3, -0.25) is 0 Å². The summed E-state index contributed by atoms with van der Waals surface area (Å²) in [5.41, 5.74) is 4.37. The van der Waals surface area contributed by atoms with Crippen molar-refractivity contribution in [3.8, 4) is 5.75 Å². The molecule has 0 saturated heterocycles. The molecule has 1 aromatic heterocycles. The van der Waals surface area contributed by atoms with Crippen molar-refractivity contribution >= 4 is 33.3 Å². The molecule has 4 N–H and O–H groups in total. The maximum absolute atomic E-state index is 5.47. The number of nitrogens with two attached hydrogens (primary N) is 1. The zero-order valence-corrected chi connectivity index (χ0v) is 12.9. The second-order valence-electron chi connectivity index (χ2n) is 4.02. The fraction of sp³-hybridized carbons (Fsp3) is 0.231. The standard InChI is InChI=1S/C13H16BrN5O/c1-3-9-12(16-7-17-13(9)19-15)18-11-6-8(20-2)4-5-10(11)14/h4-7H,3,15H2,1-2H3,(H2,16,17,18,19). The molecule has 0 aliphatic heterocycles. The number of nitrogens with one attached hydrogen (secondary N) is 2. The number of ether oxygens (including phenoxy) is 1. The summed E-state index contributed by atoms with van der Waals surface area (Å²) < 4.78 is 6.14. The van der Waals surface area contributed by atoms with Crippen LogP contribution in [0.3, 0.4) is 0 Å². The van der Waals surface area contributed by atoms with Crippen LogP contribution < -0.4 is 21.3 Å². The number of anilines is 3. The third-order valence-electron chi connectivity index (χ3n) is 2.86. The van der Waals surface area contributed by atoms with E-state index in [1.807, 2.05) is 25.1 Å². The second kappa shape index (κ2) is 6.53. The summed E-state index contributed by atoms with van der Waals surface area (Å²) in [6.07, 6.45) is 2.22. The number of aromatic nitrogens is 2. The molecule has 20 heavy (non-hydrogen) atoms. The molecule has 7 heteroatoms. The highest BCUT2D eigenvalue weighted by Gasteiger charge is 2.11. The largest absolute Gasteiger partial charge is 0.497 e. The van der Waals surface area contributed by atoms with Crippen LogP contribution in [0.4, 0.5) is 17.3 Å². The summed E-state index contributed by atoms with van der Waals surface area (Å²) in [7, 11) is 1.63. The zero-order valence-electron chi connectivity index (χ0n) is 11.3. The minimum absolute atomic E-state index is 0.615. The lowest BCUT2D eigenvalue weighted by molar-refractivity contribution is 0.415. The van der Waals surface area contributed by atoms with Gasteiger partial charge < -0.3 is 15.5 Å². The van der Waals surface area contributed by atoms with Gasteiger partial charge in [0.1, 0.15) is 23.7 Å². The highest BCUT2D eigenvalue weighted by molar-refractivity contribution is 9.10. The molecule has 0 radical (unpaired) electrons. The van der Waals surface area contributed by atoms with Crippen molar-refractivity contribution in [2.45, 2.75) is 13.3 Å². The van der Waals surface area contributed by atoms with E-state index in [1.165, 1.54) is 6.33 Å². The number of nitrogen functional groups attached to an aromatic ring is 1. The molecular formula is C13H16BrN5O. The van der Waals surface area contributed by atoms with Gasteiger partial charge in [-0.1, -0.05) is 6.92 Å². The van der Waals surface area contributed by atoms with E-state index in [-0.39, 0.29) is 0 Å². The molecule has 0 spiro atoms. The van der Waals surface area contributed by atoms with E-state index in [1.54, 1.807) is 7.11 Å². The molecule has 6 nitrogen and oxygen atoms in total. The lowest BCUT2D eigenvalue weighted by atomic mass is 10.2. The molecule has 0 fully saturated rings. The first-order chi connectivity index (χ1) is 9.69. The Labute approximate surface area is 125 Å². The van der Waals surface area contributed by atoms with Crippen LogP contribution >= 0.6 is 15.9 Å². The van der Waals surface area contributed by atoms with Gasteiger partial charge in [-0.05, 0) is 34.5 Å². The summed E-state index contributed by atoms with van der Waals surface area (Å²) in [4.78, 5) is 8.37. The molecule has 1 heterocycles. The van der Waals surface area contributed by atoms with E-state index in [0.29, 0.717) is 11.6 Å². The fourth-order valence-corrected chi connectivity index (χ4v) is 2.18. The minimum Gasteiger partial charge on any atom is -0.497 e. The molecule has 0 bridgehead atoms. The van der Waals surface area contributed by atoms with Crippen LogP contribution in [0.5, 0.6) is 5.75 Å². The van der Waals surface area contributed by atoms with Crippen LogP contribution in [0.25, 0.3) is 0 Å². The molecule has 1 aromatic carbocycles. The third-order valence-corrected chi connectivity index (χ3v) is 3.55. The number of hydrazine groups is 1. The average Bonchev–Trinajstić information content (AvgIpc) is 2.49. The van der Waals surface area contributed by atoms with E-state index in [9.17, 15) is 0 Å². The Hall–Kier alpha value is -1.86. The highest BCUT2D eigenvalue weighted by atomic mass is 79.9. The third kappa shape index (κ3) is 3.00. The molecule has 0 unspecified atom stereocenters. The number of halogens is 1. The summed E-state index contributed by atoms with van der Waals surface area (Å²) in [5, 5.41) is 3.27. The first-order valence-corrected chi connectivity index (χ1v) is 6.90. The topological polar surface area (TPSA) is 85.1 Å². The van der Waals surface area contributed by atoms with Gasteiger partial charge in [0.15, 0.2) is 0 Å². The maximum atomic E-state index is 5.47. The van der Waals surface area contributed by atoms with Crippen LogP contribution in [-0.4, -0.2) is 17.1 Å². The second-order valence-corrected chi connectivity index (χ2v) is 4.87. The Kier molecular flexibility index (Phi) is 4.75. The van der Waals surface area contributed by atoms with Crippen LogP contribution in [0, 0.1) is 0 Å². The Balaban J connectivity index is 2.39. The summed E-state index contributed by atoms with van der Waals surface area (Å²) >= 11 is 3.50. The Morgan fingerprint density at radius 2 is 2.05 bits per heavy atom. The van der Waals surface area contributed by atoms with Crippen LogP contribution in [0.1, 0.15) is 12.5 Å². The molecule has 2 rings (SSSR count). The van der Waals surface area contributed by atoms with Gasteiger partial charge in [-0.2, -0.15) is 0 Å².